The van der Waals surface area contributed by atoms with E-state index < -0.39 is 0 Å². The number of hydrogen-bond acceptors (Lipinski definition) is 6. The molecule has 152 valence electrons. The molecule has 1 aliphatic rings. The number of hydrogen-bond donors (Lipinski definition) is 1. The fourth-order valence-corrected chi connectivity index (χ4v) is 3.49. The van der Waals surface area contributed by atoms with Gasteiger partial charge in [-0.2, -0.15) is 0 Å². The Morgan fingerprint density at radius 3 is 2.60 bits per heavy atom. The molecule has 1 fully saturated rings. The summed E-state index contributed by atoms with van der Waals surface area (Å²) in [6.45, 7) is 1.54. The van der Waals surface area contributed by atoms with Crippen molar-refractivity contribution in [1.29, 1.82) is 0 Å². The quantitative estimate of drug-likeness (QED) is 0.638. The average molecular weight is 400 g/mol. The standard InChI is InChI=1S/C23H24N6O/c30-23(7-6-19-4-3-10-24-15-19)29-12-8-18(9-13-29)14-20-16-27-22(17-26-20)28-21-5-1-2-11-25-21/h1-7,10-11,15-18H,8-9,12-14H2,(H,25,27,28). The van der Waals surface area contributed by atoms with E-state index in [1.807, 2.05) is 47.5 Å². The maximum atomic E-state index is 12.4. The van der Waals surface area contributed by atoms with Gasteiger partial charge < -0.3 is 10.2 Å². The number of amides is 1. The topological polar surface area (TPSA) is 83.9 Å². The Hall–Kier alpha value is -3.61. The van der Waals surface area contributed by atoms with Crippen molar-refractivity contribution in [2.75, 3.05) is 18.4 Å². The molecule has 30 heavy (non-hydrogen) atoms. The number of carbonyl (C=O) groups is 1. The molecule has 4 rings (SSSR count). The maximum absolute atomic E-state index is 12.4. The minimum absolute atomic E-state index is 0.0574. The normalized spacial score (nSPS) is 14.7. The lowest BCUT2D eigenvalue weighted by Crippen LogP contribution is -2.38. The van der Waals surface area contributed by atoms with Crippen LogP contribution in [-0.2, 0) is 11.2 Å². The molecule has 7 heteroatoms. The third-order valence-electron chi connectivity index (χ3n) is 5.15. The molecule has 3 aromatic rings. The molecule has 0 atom stereocenters. The summed E-state index contributed by atoms with van der Waals surface area (Å²) in [5, 5.41) is 3.14. The van der Waals surface area contributed by atoms with Crippen LogP contribution in [0.5, 0.6) is 0 Å². The van der Waals surface area contributed by atoms with Gasteiger partial charge in [-0.3, -0.25) is 14.8 Å². The summed E-state index contributed by atoms with van der Waals surface area (Å²) in [7, 11) is 0. The Morgan fingerprint density at radius 1 is 1.00 bits per heavy atom. The molecule has 1 N–H and O–H groups in total. The zero-order valence-electron chi connectivity index (χ0n) is 16.7. The van der Waals surface area contributed by atoms with Crippen LogP contribution in [0.3, 0.4) is 0 Å². The van der Waals surface area contributed by atoms with Crippen molar-refractivity contribution in [1.82, 2.24) is 24.8 Å². The first-order valence-corrected chi connectivity index (χ1v) is 10.1. The van der Waals surface area contributed by atoms with Gasteiger partial charge in [-0.1, -0.05) is 12.1 Å². The van der Waals surface area contributed by atoms with Crippen LogP contribution in [0, 0.1) is 5.92 Å². The van der Waals surface area contributed by atoms with Crippen LogP contribution >= 0.6 is 0 Å². The minimum Gasteiger partial charge on any atom is -0.339 e. The molecule has 0 radical (unpaired) electrons. The monoisotopic (exact) mass is 400 g/mol. The number of nitrogens with zero attached hydrogens (tertiary/aromatic N) is 5. The lowest BCUT2D eigenvalue weighted by atomic mass is 9.92. The van der Waals surface area contributed by atoms with E-state index in [0.29, 0.717) is 11.7 Å². The lowest BCUT2D eigenvalue weighted by Gasteiger charge is -2.31. The van der Waals surface area contributed by atoms with Crippen molar-refractivity contribution >= 4 is 23.6 Å². The molecular formula is C23H24N6O. The van der Waals surface area contributed by atoms with Crippen LogP contribution in [0.15, 0.2) is 67.4 Å². The summed E-state index contributed by atoms with van der Waals surface area (Å²) < 4.78 is 0. The second-order valence-electron chi connectivity index (χ2n) is 7.33. The van der Waals surface area contributed by atoms with Crippen molar-refractivity contribution in [2.45, 2.75) is 19.3 Å². The van der Waals surface area contributed by atoms with Gasteiger partial charge in [-0.05, 0) is 55.0 Å². The van der Waals surface area contributed by atoms with Gasteiger partial charge in [-0.15, -0.1) is 0 Å². The fourth-order valence-electron chi connectivity index (χ4n) is 3.49. The molecule has 1 saturated heterocycles. The van der Waals surface area contributed by atoms with E-state index in [9.17, 15) is 4.79 Å². The van der Waals surface area contributed by atoms with Crippen LogP contribution < -0.4 is 5.32 Å². The van der Waals surface area contributed by atoms with E-state index in [1.165, 1.54) is 0 Å². The van der Waals surface area contributed by atoms with Crippen LogP contribution in [0.4, 0.5) is 11.6 Å². The van der Waals surface area contributed by atoms with E-state index in [1.54, 1.807) is 30.9 Å². The van der Waals surface area contributed by atoms with Gasteiger partial charge in [0.2, 0.25) is 5.91 Å². The molecule has 0 unspecified atom stereocenters. The summed E-state index contributed by atoms with van der Waals surface area (Å²) in [6, 6.07) is 9.47. The number of rotatable bonds is 6. The number of pyridine rings is 2. The average Bonchev–Trinajstić information content (AvgIpc) is 2.81. The van der Waals surface area contributed by atoms with Gasteiger partial charge in [0, 0.05) is 37.8 Å². The molecule has 0 bridgehead atoms. The maximum Gasteiger partial charge on any atom is 0.246 e. The number of aromatic nitrogens is 4. The molecule has 4 heterocycles. The van der Waals surface area contributed by atoms with Crippen molar-refractivity contribution in [3.8, 4) is 0 Å². The summed E-state index contributed by atoms with van der Waals surface area (Å²) in [4.78, 5) is 31.6. The third-order valence-corrected chi connectivity index (χ3v) is 5.15. The molecule has 7 nitrogen and oxygen atoms in total. The first-order valence-electron chi connectivity index (χ1n) is 10.1. The highest BCUT2D eigenvalue weighted by Gasteiger charge is 2.22. The van der Waals surface area contributed by atoms with Crippen LogP contribution in [0.1, 0.15) is 24.1 Å². The zero-order valence-corrected chi connectivity index (χ0v) is 16.7. The SMILES string of the molecule is O=C(C=Cc1cccnc1)N1CCC(Cc2cnc(Nc3ccccn3)cn2)CC1. The number of piperidine rings is 1. The van der Waals surface area contributed by atoms with Crippen LogP contribution in [-0.4, -0.2) is 43.8 Å². The van der Waals surface area contributed by atoms with E-state index in [-0.39, 0.29) is 5.91 Å². The smallest absolute Gasteiger partial charge is 0.246 e. The second-order valence-corrected chi connectivity index (χ2v) is 7.33. The number of carbonyl (C=O) groups excluding carboxylic acids is 1. The molecule has 0 saturated carbocycles. The summed E-state index contributed by atoms with van der Waals surface area (Å²) in [6.07, 6.45) is 15.0. The number of anilines is 2. The first kappa shape index (κ1) is 19.7. The molecule has 1 aliphatic heterocycles. The summed E-state index contributed by atoms with van der Waals surface area (Å²) in [5.41, 5.74) is 1.91. The third kappa shape index (κ3) is 5.47. The molecule has 0 aromatic carbocycles. The van der Waals surface area contributed by atoms with Gasteiger partial charge in [0.1, 0.15) is 11.6 Å². The Labute approximate surface area is 175 Å². The van der Waals surface area contributed by atoms with Crippen molar-refractivity contribution in [3.05, 3.63) is 78.6 Å². The number of likely N-dealkylation sites (tertiary alicyclic amines) is 1. The van der Waals surface area contributed by atoms with Gasteiger partial charge in [0.25, 0.3) is 0 Å². The molecule has 1 amide bonds. The Bertz CT molecular complexity index is 968. The molecular weight excluding hydrogens is 376 g/mol. The molecule has 0 spiro atoms. The molecule has 3 aromatic heterocycles. The van der Waals surface area contributed by atoms with E-state index in [2.05, 4.69) is 25.3 Å². The highest BCUT2D eigenvalue weighted by atomic mass is 16.2. The van der Waals surface area contributed by atoms with Crippen molar-refractivity contribution in [3.63, 3.8) is 0 Å². The Morgan fingerprint density at radius 2 is 1.90 bits per heavy atom. The summed E-state index contributed by atoms with van der Waals surface area (Å²) in [5.74, 6) is 2.00. The van der Waals surface area contributed by atoms with Gasteiger partial charge in [-0.25, -0.2) is 9.97 Å². The second kappa shape index (κ2) is 9.73. The van der Waals surface area contributed by atoms with Crippen LogP contribution in [0.2, 0.25) is 0 Å². The first-order chi connectivity index (χ1) is 14.8. The Balaban J connectivity index is 1.24. The van der Waals surface area contributed by atoms with E-state index in [0.717, 1.165) is 49.4 Å². The largest absolute Gasteiger partial charge is 0.339 e. The van der Waals surface area contributed by atoms with Crippen molar-refractivity contribution in [2.24, 2.45) is 5.92 Å². The minimum atomic E-state index is 0.0574. The van der Waals surface area contributed by atoms with Crippen LogP contribution in [0.25, 0.3) is 6.08 Å². The molecule has 0 aliphatic carbocycles. The predicted molar refractivity (Wildman–Crippen MR) is 116 cm³/mol. The van der Waals surface area contributed by atoms with Gasteiger partial charge in [0.05, 0.1) is 18.1 Å². The Kier molecular flexibility index (Phi) is 6.39. The fraction of sp³-hybridized carbons (Fsp3) is 0.261. The highest BCUT2D eigenvalue weighted by Crippen LogP contribution is 2.21. The van der Waals surface area contributed by atoms with Gasteiger partial charge >= 0.3 is 0 Å². The zero-order chi connectivity index (χ0) is 20.6. The lowest BCUT2D eigenvalue weighted by molar-refractivity contribution is -0.127. The highest BCUT2D eigenvalue weighted by molar-refractivity contribution is 5.91. The van der Waals surface area contributed by atoms with Gasteiger partial charge in [0.15, 0.2) is 0 Å². The van der Waals surface area contributed by atoms with E-state index >= 15 is 0 Å². The number of nitrogens with one attached hydrogen (secondary N) is 1. The predicted octanol–water partition coefficient (Wildman–Crippen LogP) is 3.50. The van der Waals surface area contributed by atoms with E-state index in [4.69, 9.17) is 0 Å². The van der Waals surface area contributed by atoms with Crippen molar-refractivity contribution < 1.29 is 4.79 Å². The summed E-state index contributed by atoms with van der Waals surface area (Å²) >= 11 is 0.